The van der Waals surface area contributed by atoms with Crippen LogP contribution in [0, 0.1) is 6.92 Å². The van der Waals surface area contributed by atoms with E-state index >= 15 is 0 Å². The van der Waals surface area contributed by atoms with E-state index in [0.717, 1.165) is 18.6 Å². The first-order valence-electron chi connectivity index (χ1n) is 10.6. The van der Waals surface area contributed by atoms with Crippen LogP contribution in [0.2, 0.25) is 0 Å². The molecule has 164 valence electrons. The highest BCUT2D eigenvalue weighted by atomic mass is 16.5. The molecule has 0 spiro atoms. The van der Waals surface area contributed by atoms with Crippen LogP contribution in [-0.4, -0.2) is 24.8 Å². The van der Waals surface area contributed by atoms with Crippen LogP contribution in [0.15, 0.2) is 39.5 Å². The van der Waals surface area contributed by atoms with Gasteiger partial charge in [-0.05, 0) is 31.0 Å². The van der Waals surface area contributed by atoms with Gasteiger partial charge in [-0.1, -0.05) is 51.2 Å². The molecule has 2 rings (SSSR count). The van der Waals surface area contributed by atoms with E-state index in [1.54, 1.807) is 19.1 Å². The molecule has 6 heteroatoms. The van der Waals surface area contributed by atoms with Crippen LogP contribution >= 0.6 is 0 Å². The van der Waals surface area contributed by atoms with E-state index in [1.807, 2.05) is 12.1 Å². The predicted octanol–water partition coefficient (Wildman–Crippen LogP) is 5.09. The molecule has 6 nitrogen and oxygen atoms in total. The molecule has 1 aromatic heterocycles. The highest BCUT2D eigenvalue weighted by molar-refractivity contribution is 5.71. The van der Waals surface area contributed by atoms with Gasteiger partial charge < -0.3 is 19.0 Å². The standard InChI is InChI=1S/C24H32O6/c1-4-5-6-7-8-9-14-29-19-12-10-18(11-13-19)20(16-22(26)28-3)23-21(25)15-17(2)30-24(23)27/h10-13,15,20,25H,4-9,14,16H2,1-3H3/t20-/m0/s1. The predicted molar refractivity (Wildman–Crippen MR) is 115 cm³/mol. The van der Waals surface area contributed by atoms with E-state index in [0.29, 0.717) is 17.9 Å². The third-order valence-corrected chi connectivity index (χ3v) is 5.09. The summed E-state index contributed by atoms with van der Waals surface area (Å²) in [6.07, 6.45) is 7.10. The lowest BCUT2D eigenvalue weighted by Gasteiger charge is -2.17. The van der Waals surface area contributed by atoms with Gasteiger partial charge in [0.25, 0.3) is 0 Å². The van der Waals surface area contributed by atoms with E-state index < -0.39 is 17.5 Å². The van der Waals surface area contributed by atoms with Crippen molar-refractivity contribution in [3.8, 4) is 11.5 Å². The number of hydrogen-bond acceptors (Lipinski definition) is 6. The van der Waals surface area contributed by atoms with Crippen molar-refractivity contribution in [2.75, 3.05) is 13.7 Å². The Morgan fingerprint density at radius 2 is 1.77 bits per heavy atom. The monoisotopic (exact) mass is 416 g/mol. The summed E-state index contributed by atoms with van der Waals surface area (Å²) in [7, 11) is 1.29. The molecule has 0 fully saturated rings. The average Bonchev–Trinajstić information content (AvgIpc) is 2.72. The van der Waals surface area contributed by atoms with E-state index in [4.69, 9.17) is 13.9 Å². The van der Waals surface area contributed by atoms with Crippen molar-refractivity contribution >= 4 is 5.97 Å². The van der Waals surface area contributed by atoms with Gasteiger partial charge >= 0.3 is 11.6 Å². The zero-order chi connectivity index (χ0) is 21.9. The number of hydrogen-bond donors (Lipinski definition) is 1. The molecule has 0 aliphatic carbocycles. The van der Waals surface area contributed by atoms with E-state index in [2.05, 4.69) is 6.92 Å². The molecule has 0 amide bonds. The zero-order valence-corrected chi connectivity index (χ0v) is 18.1. The summed E-state index contributed by atoms with van der Waals surface area (Å²) in [5.74, 6) is -0.327. The van der Waals surface area contributed by atoms with Crippen LogP contribution in [0.4, 0.5) is 0 Å². The Balaban J connectivity index is 2.09. The summed E-state index contributed by atoms with van der Waals surface area (Å²) in [6, 6.07) is 8.58. The lowest BCUT2D eigenvalue weighted by atomic mass is 9.89. The third-order valence-electron chi connectivity index (χ3n) is 5.09. The fourth-order valence-corrected chi connectivity index (χ4v) is 3.43. The minimum Gasteiger partial charge on any atom is -0.507 e. The molecular weight excluding hydrogens is 384 g/mol. The van der Waals surface area contributed by atoms with Crippen LogP contribution in [0.1, 0.15) is 74.7 Å². The summed E-state index contributed by atoms with van der Waals surface area (Å²) >= 11 is 0. The number of aryl methyl sites for hydroxylation is 1. The summed E-state index contributed by atoms with van der Waals surface area (Å²) in [6.45, 7) is 4.44. The third kappa shape index (κ3) is 6.94. The number of esters is 1. The Hall–Kier alpha value is -2.76. The quantitative estimate of drug-likeness (QED) is 0.383. The molecule has 0 saturated heterocycles. The van der Waals surface area contributed by atoms with Crippen LogP contribution in [0.3, 0.4) is 0 Å². The normalized spacial score (nSPS) is 11.8. The smallest absolute Gasteiger partial charge is 0.343 e. The largest absolute Gasteiger partial charge is 0.507 e. The molecule has 0 bridgehead atoms. The number of ether oxygens (including phenoxy) is 2. The minimum absolute atomic E-state index is 0.0479. The number of unbranched alkanes of at least 4 members (excludes halogenated alkanes) is 5. The van der Waals surface area contributed by atoms with Crippen molar-refractivity contribution in [2.45, 2.75) is 64.7 Å². The number of rotatable bonds is 12. The molecule has 0 saturated carbocycles. The Kier molecular flexibility index (Phi) is 9.45. The van der Waals surface area contributed by atoms with Gasteiger partial charge in [0.2, 0.25) is 0 Å². The molecule has 1 aromatic carbocycles. The fourth-order valence-electron chi connectivity index (χ4n) is 3.43. The maximum Gasteiger partial charge on any atom is 0.343 e. The Morgan fingerprint density at radius 3 is 2.40 bits per heavy atom. The highest BCUT2D eigenvalue weighted by Gasteiger charge is 2.26. The lowest BCUT2D eigenvalue weighted by Crippen LogP contribution is -2.18. The molecule has 0 aliphatic heterocycles. The topological polar surface area (TPSA) is 86.0 Å². The van der Waals surface area contributed by atoms with Crippen molar-refractivity contribution in [3.63, 3.8) is 0 Å². The van der Waals surface area contributed by atoms with Crippen molar-refractivity contribution in [1.29, 1.82) is 0 Å². The Labute approximate surface area is 177 Å². The Morgan fingerprint density at radius 1 is 1.10 bits per heavy atom. The second-order valence-corrected chi connectivity index (χ2v) is 7.46. The molecule has 2 aromatic rings. The van der Waals surface area contributed by atoms with E-state index in [1.165, 1.54) is 38.9 Å². The second kappa shape index (κ2) is 12.1. The van der Waals surface area contributed by atoms with Crippen molar-refractivity contribution < 1.29 is 23.8 Å². The van der Waals surface area contributed by atoms with Crippen molar-refractivity contribution in [1.82, 2.24) is 0 Å². The van der Waals surface area contributed by atoms with Crippen molar-refractivity contribution in [3.05, 3.63) is 57.6 Å². The van der Waals surface area contributed by atoms with Gasteiger partial charge in [-0.2, -0.15) is 0 Å². The number of carbonyl (C=O) groups excluding carboxylic acids is 1. The zero-order valence-electron chi connectivity index (χ0n) is 18.1. The first kappa shape index (κ1) is 23.5. The van der Waals surface area contributed by atoms with Crippen LogP contribution in [0.5, 0.6) is 11.5 Å². The first-order valence-corrected chi connectivity index (χ1v) is 10.6. The molecule has 0 radical (unpaired) electrons. The molecule has 1 heterocycles. The van der Waals surface area contributed by atoms with Gasteiger partial charge in [-0.3, -0.25) is 4.79 Å². The number of methoxy groups -OCH3 is 1. The Bertz CT molecular complexity index is 853. The van der Waals surface area contributed by atoms with Gasteiger partial charge in [-0.25, -0.2) is 4.79 Å². The number of benzene rings is 1. The van der Waals surface area contributed by atoms with Crippen LogP contribution < -0.4 is 10.4 Å². The minimum atomic E-state index is -0.679. The summed E-state index contributed by atoms with van der Waals surface area (Å²) in [5, 5.41) is 10.3. The summed E-state index contributed by atoms with van der Waals surface area (Å²) in [4.78, 5) is 24.3. The van der Waals surface area contributed by atoms with Crippen LogP contribution in [-0.2, 0) is 9.53 Å². The average molecular weight is 417 g/mol. The maximum atomic E-state index is 12.4. The highest BCUT2D eigenvalue weighted by Crippen LogP contribution is 2.33. The molecule has 0 aliphatic rings. The van der Waals surface area contributed by atoms with E-state index in [-0.39, 0.29) is 17.7 Å². The van der Waals surface area contributed by atoms with Gasteiger partial charge in [-0.15, -0.1) is 0 Å². The van der Waals surface area contributed by atoms with Gasteiger partial charge in [0.05, 0.1) is 25.7 Å². The van der Waals surface area contributed by atoms with E-state index in [9.17, 15) is 14.7 Å². The van der Waals surface area contributed by atoms with Gasteiger partial charge in [0.1, 0.15) is 17.3 Å². The SMILES string of the molecule is CCCCCCCCOc1ccc([C@H](CC(=O)OC)c2c(O)cc(C)oc2=O)cc1. The summed E-state index contributed by atoms with van der Waals surface area (Å²) < 4.78 is 15.7. The van der Waals surface area contributed by atoms with Gasteiger partial charge in [0.15, 0.2) is 0 Å². The number of aromatic hydroxyl groups is 1. The van der Waals surface area contributed by atoms with Crippen LogP contribution in [0.25, 0.3) is 0 Å². The van der Waals surface area contributed by atoms with Crippen molar-refractivity contribution in [2.24, 2.45) is 0 Å². The molecule has 1 N–H and O–H groups in total. The fraction of sp³-hybridized carbons (Fsp3) is 0.500. The number of carbonyl (C=O) groups is 1. The molecular formula is C24H32O6. The second-order valence-electron chi connectivity index (χ2n) is 7.46. The first-order chi connectivity index (χ1) is 14.5. The molecule has 0 unspecified atom stereocenters. The summed E-state index contributed by atoms with van der Waals surface area (Å²) in [5.41, 5.74) is 0.0790. The molecule has 1 atom stereocenters. The maximum absolute atomic E-state index is 12.4. The van der Waals surface area contributed by atoms with Gasteiger partial charge in [0, 0.05) is 12.0 Å². The molecule has 30 heavy (non-hydrogen) atoms. The lowest BCUT2D eigenvalue weighted by molar-refractivity contribution is -0.140.